The number of allylic oxidation sites excluding steroid dienone is 1. The first-order valence-corrected chi connectivity index (χ1v) is 7.93. The summed E-state index contributed by atoms with van der Waals surface area (Å²) in [5.41, 5.74) is 2.30. The van der Waals surface area contributed by atoms with Gasteiger partial charge in [-0.3, -0.25) is 4.79 Å². The van der Waals surface area contributed by atoms with Crippen molar-refractivity contribution >= 4 is 5.97 Å². The van der Waals surface area contributed by atoms with Crippen molar-refractivity contribution in [1.82, 2.24) is 0 Å². The maximum Gasteiger partial charge on any atom is 0.306 e. The first-order chi connectivity index (χ1) is 10.0. The van der Waals surface area contributed by atoms with Crippen LogP contribution in [-0.2, 0) is 16.0 Å². The van der Waals surface area contributed by atoms with Gasteiger partial charge in [0.15, 0.2) is 0 Å². The molecule has 1 aliphatic rings. The summed E-state index contributed by atoms with van der Waals surface area (Å²) in [6, 6.07) is 10.1. The van der Waals surface area contributed by atoms with Crippen molar-refractivity contribution in [3.05, 3.63) is 47.5 Å². The summed E-state index contributed by atoms with van der Waals surface area (Å²) in [5.74, 6) is 0.281. The second-order valence-electron chi connectivity index (χ2n) is 6.43. The monoisotopic (exact) mass is 286 g/mol. The van der Waals surface area contributed by atoms with E-state index in [0.29, 0.717) is 12.3 Å². The Morgan fingerprint density at radius 3 is 2.57 bits per heavy atom. The quantitative estimate of drug-likeness (QED) is 0.580. The Morgan fingerprint density at radius 2 is 2.00 bits per heavy atom. The number of carbonyl (C=O) groups excluding carboxylic acids is 1. The summed E-state index contributed by atoms with van der Waals surface area (Å²) >= 11 is 0. The lowest BCUT2D eigenvalue weighted by molar-refractivity contribution is -0.166. The van der Waals surface area contributed by atoms with Crippen molar-refractivity contribution in [2.24, 2.45) is 5.92 Å². The molecule has 0 unspecified atom stereocenters. The van der Waals surface area contributed by atoms with Gasteiger partial charge in [0.1, 0.15) is 5.60 Å². The van der Waals surface area contributed by atoms with Crippen molar-refractivity contribution in [3.63, 3.8) is 0 Å². The van der Waals surface area contributed by atoms with Gasteiger partial charge in [-0.2, -0.15) is 0 Å². The van der Waals surface area contributed by atoms with Crippen LogP contribution >= 0.6 is 0 Å². The van der Waals surface area contributed by atoms with Crippen LogP contribution in [0.25, 0.3) is 0 Å². The molecule has 0 saturated carbocycles. The van der Waals surface area contributed by atoms with Crippen LogP contribution in [0.15, 0.2) is 42.0 Å². The zero-order valence-electron chi connectivity index (χ0n) is 13.4. The van der Waals surface area contributed by atoms with Crippen molar-refractivity contribution in [3.8, 4) is 0 Å². The van der Waals surface area contributed by atoms with Crippen molar-refractivity contribution in [2.75, 3.05) is 0 Å². The van der Waals surface area contributed by atoms with E-state index in [1.165, 1.54) is 11.1 Å². The van der Waals surface area contributed by atoms with Crippen molar-refractivity contribution < 1.29 is 9.53 Å². The number of hydrogen-bond donors (Lipinski definition) is 0. The molecule has 2 rings (SSSR count). The maximum atomic E-state index is 12.2. The number of aryl methyl sites for hydroxylation is 1. The van der Waals surface area contributed by atoms with Gasteiger partial charge in [-0.1, -0.05) is 55.8 Å². The molecule has 0 spiro atoms. The van der Waals surface area contributed by atoms with E-state index >= 15 is 0 Å². The lowest BCUT2D eigenvalue weighted by atomic mass is 9.78. The van der Waals surface area contributed by atoms with E-state index in [1.807, 2.05) is 18.2 Å². The van der Waals surface area contributed by atoms with E-state index in [2.05, 4.69) is 39.0 Å². The molecule has 0 aliphatic heterocycles. The molecule has 0 heterocycles. The summed E-state index contributed by atoms with van der Waals surface area (Å²) in [4.78, 5) is 12.2. The topological polar surface area (TPSA) is 26.3 Å². The molecule has 114 valence electrons. The molecule has 0 saturated heterocycles. The largest absolute Gasteiger partial charge is 0.458 e. The van der Waals surface area contributed by atoms with Crippen molar-refractivity contribution in [1.29, 1.82) is 0 Å². The Kier molecular flexibility index (Phi) is 5.22. The fourth-order valence-electron chi connectivity index (χ4n) is 2.86. The van der Waals surface area contributed by atoms with Crippen LogP contribution in [0.1, 0.15) is 52.0 Å². The first kappa shape index (κ1) is 15.8. The molecular weight excluding hydrogens is 260 g/mol. The number of esters is 1. The number of carbonyl (C=O) groups is 1. The summed E-state index contributed by atoms with van der Waals surface area (Å²) in [7, 11) is 0. The molecular formula is C19H26O2. The number of ether oxygens (including phenoxy) is 1. The van der Waals surface area contributed by atoms with E-state index in [1.54, 1.807) is 0 Å². The molecule has 1 atom stereocenters. The smallest absolute Gasteiger partial charge is 0.306 e. The van der Waals surface area contributed by atoms with Crippen LogP contribution in [0.4, 0.5) is 0 Å². The standard InChI is InChI=1S/C19H26O2/c1-15(2)19(13-11-16(3)12-14-19)21-18(20)10-9-17-7-5-4-6-8-17/h4-8,11,15H,9-10,12-14H2,1-3H3/t19-/m0/s1. The van der Waals surface area contributed by atoms with Crippen LogP contribution in [0.2, 0.25) is 0 Å². The zero-order valence-corrected chi connectivity index (χ0v) is 13.4. The minimum atomic E-state index is -0.298. The highest BCUT2D eigenvalue weighted by molar-refractivity contribution is 5.70. The Labute approximate surface area is 128 Å². The Bertz CT molecular complexity index is 502. The third-order valence-corrected chi connectivity index (χ3v) is 4.57. The van der Waals surface area contributed by atoms with Gasteiger partial charge in [0, 0.05) is 12.8 Å². The second-order valence-corrected chi connectivity index (χ2v) is 6.43. The zero-order chi connectivity index (χ0) is 15.3. The Hall–Kier alpha value is -1.57. The fraction of sp³-hybridized carbons (Fsp3) is 0.526. The average Bonchev–Trinajstić information content (AvgIpc) is 2.48. The van der Waals surface area contributed by atoms with E-state index < -0.39 is 0 Å². The second kappa shape index (κ2) is 6.93. The van der Waals surface area contributed by atoms with Crippen LogP contribution in [0.5, 0.6) is 0 Å². The van der Waals surface area contributed by atoms with Gasteiger partial charge >= 0.3 is 5.97 Å². The first-order valence-electron chi connectivity index (χ1n) is 7.93. The van der Waals surface area contributed by atoms with Crippen LogP contribution in [0.3, 0.4) is 0 Å². The molecule has 1 aromatic rings. The number of hydrogen-bond acceptors (Lipinski definition) is 2. The van der Waals surface area contributed by atoms with Crippen LogP contribution in [-0.4, -0.2) is 11.6 Å². The lowest BCUT2D eigenvalue weighted by Gasteiger charge is -2.39. The van der Waals surface area contributed by atoms with Crippen molar-refractivity contribution in [2.45, 2.75) is 58.5 Å². The molecule has 21 heavy (non-hydrogen) atoms. The van der Waals surface area contributed by atoms with Gasteiger partial charge < -0.3 is 4.74 Å². The third kappa shape index (κ3) is 4.20. The molecule has 0 N–H and O–H groups in total. The molecule has 0 amide bonds. The molecule has 1 aliphatic carbocycles. The highest BCUT2D eigenvalue weighted by Gasteiger charge is 2.38. The molecule has 1 aromatic carbocycles. The number of rotatable bonds is 5. The van der Waals surface area contributed by atoms with E-state index in [0.717, 1.165) is 25.7 Å². The van der Waals surface area contributed by atoms with Gasteiger partial charge in [0.05, 0.1) is 0 Å². The summed E-state index contributed by atoms with van der Waals surface area (Å²) < 4.78 is 5.93. The number of benzene rings is 1. The van der Waals surface area contributed by atoms with E-state index in [-0.39, 0.29) is 11.6 Å². The summed E-state index contributed by atoms with van der Waals surface area (Å²) in [6.45, 7) is 6.46. The van der Waals surface area contributed by atoms with Gasteiger partial charge in [0.25, 0.3) is 0 Å². The SMILES string of the molecule is CC1=CC[C@@](OC(=O)CCc2ccccc2)(C(C)C)CC1. The Morgan fingerprint density at radius 1 is 1.29 bits per heavy atom. The molecule has 0 fully saturated rings. The fourth-order valence-corrected chi connectivity index (χ4v) is 2.86. The minimum Gasteiger partial charge on any atom is -0.458 e. The molecule has 2 heteroatoms. The normalized spacial score (nSPS) is 22.0. The molecule has 0 aromatic heterocycles. The third-order valence-electron chi connectivity index (χ3n) is 4.57. The van der Waals surface area contributed by atoms with Crippen LogP contribution in [0, 0.1) is 5.92 Å². The van der Waals surface area contributed by atoms with Gasteiger partial charge in [-0.05, 0) is 37.7 Å². The highest BCUT2D eigenvalue weighted by Crippen LogP contribution is 2.37. The maximum absolute atomic E-state index is 12.2. The average molecular weight is 286 g/mol. The summed E-state index contributed by atoms with van der Waals surface area (Å²) in [6.07, 6.45) is 6.28. The van der Waals surface area contributed by atoms with Gasteiger partial charge in [-0.15, -0.1) is 0 Å². The predicted octanol–water partition coefficient (Wildman–Crippen LogP) is 4.69. The summed E-state index contributed by atoms with van der Waals surface area (Å²) in [5, 5.41) is 0. The molecule has 2 nitrogen and oxygen atoms in total. The minimum absolute atomic E-state index is 0.0690. The highest BCUT2D eigenvalue weighted by atomic mass is 16.6. The predicted molar refractivity (Wildman–Crippen MR) is 86.0 cm³/mol. The van der Waals surface area contributed by atoms with E-state index in [9.17, 15) is 4.79 Å². The molecule has 0 radical (unpaired) electrons. The van der Waals surface area contributed by atoms with Gasteiger partial charge in [0.2, 0.25) is 0 Å². The molecule has 0 bridgehead atoms. The Balaban J connectivity index is 1.93. The van der Waals surface area contributed by atoms with Gasteiger partial charge in [-0.25, -0.2) is 0 Å². The van der Waals surface area contributed by atoms with E-state index in [4.69, 9.17) is 4.74 Å². The van der Waals surface area contributed by atoms with Crippen LogP contribution < -0.4 is 0 Å². The lowest BCUT2D eigenvalue weighted by Crippen LogP contribution is -2.41.